The van der Waals surface area contributed by atoms with Crippen molar-refractivity contribution in [3.63, 3.8) is 0 Å². The smallest absolute Gasteiger partial charge is 0.225 e. The van der Waals surface area contributed by atoms with E-state index in [-0.39, 0.29) is 18.9 Å². The molecule has 1 aliphatic carbocycles. The molecule has 0 atom stereocenters. The Morgan fingerprint density at radius 1 is 1.45 bits per heavy atom. The lowest BCUT2D eigenvalue weighted by atomic mass is 9.98. The van der Waals surface area contributed by atoms with E-state index in [1.165, 1.54) is 0 Å². The van der Waals surface area contributed by atoms with E-state index in [0.29, 0.717) is 5.75 Å². The van der Waals surface area contributed by atoms with E-state index in [0.717, 1.165) is 35.7 Å². The number of aliphatic hydroxyl groups is 1. The number of carbonyl (C=O) groups excluding carboxylic acids is 1. The Labute approximate surface area is 127 Å². The fourth-order valence-corrected chi connectivity index (χ4v) is 3.18. The van der Waals surface area contributed by atoms with Gasteiger partial charge in [-0.1, -0.05) is 28.8 Å². The van der Waals surface area contributed by atoms with Crippen LogP contribution in [0.2, 0.25) is 0 Å². The number of methoxy groups -OCH3 is 1. The fraction of sp³-hybridized carbons (Fsp3) is 0.533. The fourth-order valence-electron chi connectivity index (χ4n) is 2.77. The van der Waals surface area contributed by atoms with Gasteiger partial charge in [0.05, 0.1) is 25.7 Å². The van der Waals surface area contributed by atoms with Crippen molar-refractivity contribution in [2.75, 3.05) is 13.7 Å². The average Bonchev–Trinajstić information content (AvgIpc) is 2.88. The number of carbonyl (C=O) groups is 1. The Morgan fingerprint density at radius 2 is 2.15 bits per heavy atom. The maximum atomic E-state index is 12.2. The highest BCUT2D eigenvalue weighted by Gasteiger charge is 2.34. The highest BCUT2D eigenvalue weighted by atomic mass is 79.9. The number of benzene rings is 1. The van der Waals surface area contributed by atoms with E-state index in [1.807, 2.05) is 18.2 Å². The van der Waals surface area contributed by atoms with Crippen molar-refractivity contribution in [3.05, 3.63) is 28.2 Å². The van der Waals surface area contributed by atoms with Crippen LogP contribution in [-0.4, -0.2) is 30.3 Å². The lowest BCUT2D eigenvalue weighted by molar-refractivity contribution is -0.122. The number of halogens is 1. The standard InChI is InChI=1S/C15H20BrNO3/c1-20-13-5-4-12(16)8-11(13)9-14(19)17-15(10-18)6-2-3-7-15/h4-5,8,18H,2-3,6-7,9-10H2,1H3,(H,17,19). The second-order valence-electron chi connectivity index (χ2n) is 5.33. The van der Waals surface area contributed by atoms with Crippen molar-refractivity contribution in [2.24, 2.45) is 0 Å². The molecule has 20 heavy (non-hydrogen) atoms. The van der Waals surface area contributed by atoms with E-state index in [1.54, 1.807) is 7.11 Å². The average molecular weight is 342 g/mol. The molecule has 5 heteroatoms. The van der Waals surface area contributed by atoms with Crippen molar-refractivity contribution < 1.29 is 14.6 Å². The van der Waals surface area contributed by atoms with Gasteiger partial charge >= 0.3 is 0 Å². The third-order valence-corrected chi connectivity index (χ3v) is 4.35. The maximum absolute atomic E-state index is 12.2. The van der Waals surface area contributed by atoms with Gasteiger partial charge in [0.1, 0.15) is 5.75 Å². The normalized spacial score (nSPS) is 16.9. The first-order valence-corrected chi connectivity index (χ1v) is 7.62. The first-order valence-electron chi connectivity index (χ1n) is 6.83. The van der Waals surface area contributed by atoms with Crippen molar-refractivity contribution >= 4 is 21.8 Å². The summed E-state index contributed by atoms with van der Waals surface area (Å²) in [5, 5.41) is 12.5. The molecule has 4 nitrogen and oxygen atoms in total. The summed E-state index contributed by atoms with van der Waals surface area (Å²) >= 11 is 3.40. The van der Waals surface area contributed by atoms with Crippen LogP contribution in [0.15, 0.2) is 22.7 Å². The predicted octanol–water partition coefficient (Wildman–Crippen LogP) is 2.42. The van der Waals surface area contributed by atoms with Crippen LogP contribution in [0.4, 0.5) is 0 Å². The van der Waals surface area contributed by atoms with Gasteiger partial charge in [-0.2, -0.15) is 0 Å². The summed E-state index contributed by atoms with van der Waals surface area (Å²) in [6, 6.07) is 5.61. The molecule has 0 aliphatic heterocycles. The molecule has 0 unspecified atom stereocenters. The second kappa shape index (κ2) is 6.59. The first kappa shape index (κ1) is 15.3. The molecule has 0 bridgehead atoms. The monoisotopic (exact) mass is 341 g/mol. The van der Waals surface area contributed by atoms with Gasteiger partial charge in [0, 0.05) is 10.0 Å². The van der Waals surface area contributed by atoms with Gasteiger partial charge in [-0.15, -0.1) is 0 Å². The van der Waals surface area contributed by atoms with E-state index in [9.17, 15) is 9.90 Å². The number of amides is 1. The van der Waals surface area contributed by atoms with Crippen LogP contribution in [0.1, 0.15) is 31.2 Å². The molecule has 2 rings (SSSR count). The van der Waals surface area contributed by atoms with Crippen molar-refractivity contribution in [1.29, 1.82) is 0 Å². The summed E-state index contributed by atoms with van der Waals surface area (Å²) in [4.78, 5) is 12.2. The van der Waals surface area contributed by atoms with Gasteiger partial charge in [-0.25, -0.2) is 0 Å². The van der Waals surface area contributed by atoms with Gasteiger partial charge in [0.15, 0.2) is 0 Å². The summed E-state index contributed by atoms with van der Waals surface area (Å²) in [7, 11) is 1.59. The quantitative estimate of drug-likeness (QED) is 0.864. The Balaban J connectivity index is 2.06. The second-order valence-corrected chi connectivity index (χ2v) is 6.24. The third kappa shape index (κ3) is 3.52. The van der Waals surface area contributed by atoms with Crippen LogP contribution in [-0.2, 0) is 11.2 Å². The minimum absolute atomic E-state index is 0.00829. The lowest BCUT2D eigenvalue weighted by Gasteiger charge is -2.28. The van der Waals surface area contributed by atoms with E-state index < -0.39 is 5.54 Å². The van der Waals surface area contributed by atoms with Crippen molar-refractivity contribution in [2.45, 2.75) is 37.6 Å². The summed E-state index contributed by atoms with van der Waals surface area (Å²) < 4.78 is 6.19. The summed E-state index contributed by atoms with van der Waals surface area (Å²) in [5.41, 5.74) is 0.418. The number of rotatable bonds is 5. The summed E-state index contributed by atoms with van der Waals surface area (Å²) in [6.07, 6.45) is 4.07. The minimum atomic E-state index is -0.420. The van der Waals surface area contributed by atoms with Crippen molar-refractivity contribution in [1.82, 2.24) is 5.32 Å². The maximum Gasteiger partial charge on any atom is 0.225 e. The van der Waals surface area contributed by atoms with Crippen molar-refractivity contribution in [3.8, 4) is 5.75 Å². The molecule has 110 valence electrons. The zero-order valence-electron chi connectivity index (χ0n) is 11.6. The van der Waals surface area contributed by atoms with Crippen LogP contribution in [0.3, 0.4) is 0 Å². The minimum Gasteiger partial charge on any atom is -0.496 e. The summed E-state index contributed by atoms with van der Waals surface area (Å²) in [5.74, 6) is 0.630. The van der Waals surface area contributed by atoms with Gasteiger partial charge in [-0.05, 0) is 31.0 Å². The van der Waals surface area contributed by atoms with Crippen LogP contribution in [0.5, 0.6) is 5.75 Å². The highest BCUT2D eigenvalue weighted by molar-refractivity contribution is 9.10. The molecule has 0 radical (unpaired) electrons. The number of hydrogen-bond donors (Lipinski definition) is 2. The molecule has 1 fully saturated rings. The number of ether oxygens (including phenoxy) is 1. The molecule has 1 aromatic rings. The van der Waals surface area contributed by atoms with Crippen LogP contribution in [0, 0.1) is 0 Å². The van der Waals surface area contributed by atoms with Gasteiger partial charge in [-0.3, -0.25) is 4.79 Å². The Bertz CT molecular complexity index is 484. The Kier molecular flexibility index (Phi) is 5.05. The Hall–Kier alpha value is -1.07. The van der Waals surface area contributed by atoms with Crippen LogP contribution < -0.4 is 10.1 Å². The molecular formula is C15H20BrNO3. The van der Waals surface area contributed by atoms with E-state index >= 15 is 0 Å². The van der Waals surface area contributed by atoms with Crippen LogP contribution in [0.25, 0.3) is 0 Å². The molecule has 0 aromatic heterocycles. The van der Waals surface area contributed by atoms with Crippen LogP contribution >= 0.6 is 15.9 Å². The van der Waals surface area contributed by atoms with Gasteiger partial charge in [0.2, 0.25) is 5.91 Å². The molecule has 0 heterocycles. The molecule has 1 saturated carbocycles. The molecule has 2 N–H and O–H groups in total. The first-order chi connectivity index (χ1) is 9.58. The largest absolute Gasteiger partial charge is 0.496 e. The van der Waals surface area contributed by atoms with E-state index in [4.69, 9.17) is 4.74 Å². The zero-order valence-corrected chi connectivity index (χ0v) is 13.2. The zero-order chi connectivity index (χ0) is 14.6. The number of hydrogen-bond acceptors (Lipinski definition) is 3. The number of nitrogens with one attached hydrogen (secondary N) is 1. The third-order valence-electron chi connectivity index (χ3n) is 3.86. The molecule has 1 amide bonds. The predicted molar refractivity (Wildman–Crippen MR) is 80.8 cm³/mol. The van der Waals surface area contributed by atoms with Gasteiger partial charge in [0.25, 0.3) is 0 Å². The topological polar surface area (TPSA) is 58.6 Å². The molecule has 1 aromatic carbocycles. The van der Waals surface area contributed by atoms with E-state index in [2.05, 4.69) is 21.2 Å². The molecule has 1 aliphatic rings. The molecule has 0 spiro atoms. The molecule has 0 saturated heterocycles. The highest BCUT2D eigenvalue weighted by Crippen LogP contribution is 2.29. The Morgan fingerprint density at radius 3 is 2.75 bits per heavy atom. The SMILES string of the molecule is COc1ccc(Br)cc1CC(=O)NC1(CO)CCCC1. The van der Waals surface area contributed by atoms with Gasteiger partial charge < -0.3 is 15.2 Å². The summed E-state index contributed by atoms with van der Waals surface area (Å²) in [6.45, 7) is 0.00829. The molecular weight excluding hydrogens is 322 g/mol. The lowest BCUT2D eigenvalue weighted by Crippen LogP contribution is -2.49. The number of aliphatic hydroxyl groups excluding tert-OH is 1.